The normalized spacial score (nSPS) is 27.3. The Morgan fingerprint density at radius 2 is 1.70 bits per heavy atom. The summed E-state index contributed by atoms with van der Waals surface area (Å²) in [4.78, 5) is 29.0. The van der Waals surface area contributed by atoms with Gasteiger partial charge in [-0.1, -0.05) is 18.6 Å². The number of amides is 2. The van der Waals surface area contributed by atoms with Crippen molar-refractivity contribution >= 4 is 11.8 Å². The molecule has 1 saturated heterocycles. The minimum atomic E-state index is -2.98. The molecule has 5 nitrogen and oxygen atoms in total. The molecule has 1 aromatic carbocycles. The monoisotopic (exact) mass is 378 g/mol. The Morgan fingerprint density at radius 3 is 2.33 bits per heavy atom. The van der Waals surface area contributed by atoms with Crippen molar-refractivity contribution in [1.29, 1.82) is 0 Å². The molecule has 2 bridgehead atoms. The lowest BCUT2D eigenvalue weighted by molar-refractivity contribution is -0.138. The van der Waals surface area contributed by atoms with Gasteiger partial charge in [0.25, 0.3) is 5.91 Å². The van der Waals surface area contributed by atoms with Crippen LogP contribution in [-0.2, 0) is 4.79 Å². The second kappa shape index (κ2) is 7.44. The fraction of sp³-hybridized carbons (Fsp3) is 0.600. The van der Waals surface area contributed by atoms with Crippen LogP contribution < -0.4 is 4.74 Å². The maximum atomic E-state index is 12.8. The standard InChI is InChI=1S/C20H24F2N2O3/c21-20(22)27-17-4-2-1-3-15(17)18(25)23-7-9-24(10-8-23)19(26)16-12-13-5-6-14(16)11-13/h1-4,13-14,16,20H,5-12H2. The Labute approximate surface area is 157 Å². The topological polar surface area (TPSA) is 49.9 Å². The number of benzene rings is 1. The summed E-state index contributed by atoms with van der Waals surface area (Å²) in [6.45, 7) is -1.16. The van der Waals surface area contributed by atoms with Gasteiger partial charge >= 0.3 is 6.61 Å². The van der Waals surface area contributed by atoms with Crippen molar-refractivity contribution in [1.82, 2.24) is 9.80 Å². The lowest BCUT2D eigenvalue weighted by Crippen LogP contribution is -2.52. The maximum Gasteiger partial charge on any atom is 0.387 e. The molecule has 0 aromatic heterocycles. The summed E-state index contributed by atoms with van der Waals surface area (Å²) in [7, 11) is 0. The van der Waals surface area contributed by atoms with Gasteiger partial charge in [0.1, 0.15) is 5.75 Å². The van der Waals surface area contributed by atoms with Gasteiger partial charge in [-0.2, -0.15) is 8.78 Å². The zero-order chi connectivity index (χ0) is 19.0. The molecule has 27 heavy (non-hydrogen) atoms. The molecule has 1 aromatic rings. The molecule has 0 radical (unpaired) electrons. The van der Waals surface area contributed by atoms with E-state index < -0.39 is 6.61 Å². The average Bonchev–Trinajstić information content (AvgIpc) is 3.30. The predicted molar refractivity (Wildman–Crippen MR) is 94.5 cm³/mol. The molecule has 146 valence electrons. The van der Waals surface area contributed by atoms with Gasteiger partial charge in [0.15, 0.2) is 0 Å². The van der Waals surface area contributed by atoms with Gasteiger partial charge in [-0.05, 0) is 43.2 Å². The van der Waals surface area contributed by atoms with Gasteiger partial charge in [-0.3, -0.25) is 9.59 Å². The van der Waals surface area contributed by atoms with E-state index in [1.807, 2.05) is 4.90 Å². The highest BCUT2D eigenvalue weighted by molar-refractivity contribution is 5.97. The van der Waals surface area contributed by atoms with E-state index in [1.165, 1.54) is 31.4 Å². The number of rotatable bonds is 4. The smallest absolute Gasteiger partial charge is 0.387 e. The average molecular weight is 378 g/mol. The predicted octanol–water partition coefficient (Wildman–Crippen LogP) is 3.01. The van der Waals surface area contributed by atoms with E-state index in [0.717, 1.165) is 12.3 Å². The van der Waals surface area contributed by atoms with Crippen LogP contribution in [0.4, 0.5) is 8.78 Å². The summed E-state index contributed by atoms with van der Waals surface area (Å²) in [6.07, 6.45) is 4.63. The van der Waals surface area contributed by atoms with Gasteiger partial charge in [0.2, 0.25) is 5.91 Å². The molecule has 3 aliphatic rings. The maximum absolute atomic E-state index is 12.8. The molecule has 7 heteroatoms. The first-order valence-corrected chi connectivity index (χ1v) is 9.65. The number of ether oxygens (including phenoxy) is 1. The summed E-state index contributed by atoms with van der Waals surface area (Å²) in [6, 6.07) is 6.04. The summed E-state index contributed by atoms with van der Waals surface area (Å²) < 4.78 is 29.6. The molecule has 0 spiro atoms. The first-order chi connectivity index (χ1) is 13.0. The molecule has 4 rings (SSSR count). The van der Waals surface area contributed by atoms with Crippen LogP contribution in [0.2, 0.25) is 0 Å². The molecule has 3 unspecified atom stereocenters. The van der Waals surface area contributed by atoms with E-state index in [4.69, 9.17) is 0 Å². The van der Waals surface area contributed by atoms with Crippen LogP contribution in [0.3, 0.4) is 0 Å². The molecule has 1 heterocycles. The summed E-state index contributed by atoms with van der Waals surface area (Å²) >= 11 is 0. The van der Waals surface area contributed by atoms with Crippen molar-refractivity contribution in [3.05, 3.63) is 29.8 Å². The molecular formula is C20H24F2N2O3. The first-order valence-electron chi connectivity index (χ1n) is 9.65. The quantitative estimate of drug-likeness (QED) is 0.809. The lowest BCUT2D eigenvalue weighted by Gasteiger charge is -2.37. The van der Waals surface area contributed by atoms with Crippen LogP contribution in [0.25, 0.3) is 0 Å². The van der Waals surface area contributed by atoms with Gasteiger partial charge in [0, 0.05) is 32.1 Å². The third-order valence-electron chi connectivity index (χ3n) is 6.27. The zero-order valence-corrected chi connectivity index (χ0v) is 15.2. The second-order valence-electron chi connectivity index (χ2n) is 7.77. The van der Waals surface area contributed by atoms with Crippen molar-refractivity contribution in [2.75, 3.05) is 26.2 Å². The Bertz CT molecular complexity index is 719. The highest BCUT2D eigenvalue weighted by Crippen LogP contribution is 2.48. The van der Waals surface area contributed by atoms with Crippen LogP contribution >= 0.6 is 0 Å². The number of halogens is 2. The fourth-order valence-electron chi connectivity index (χ4n) is 4.92. The van der Waals surface area contributed by atoms with E-state index in [0.29, 0.717) is 32.1 Å². The van der Waals surface area contributed by atoms with Crippen molar-refractivity contribution in [2.45, 2.75) is 32.3 Å². The minimum Gasteiger partial charge on any atom is -0.434 e. The van der Waals surface area contributed by atoms with Crippen molar-refractivity contribution in [3.63, 3.8) is 0 Å². The number of nitrogens with zero attached hydrogens (tertiary/aromatic N) is 2. The molecule has 2 aliphatic carbocycles. The van der Waals surface area contributed by atoms with Gasteiger partial charge in [-0.15, -0.1) is 0 Å². The fourth-order valence-corrected chi connectivity index (χ4v) is 4.92. The van der Waals surface area contributed by atoms with E-state index in [9.17, 15) is 18.4 Å². The largest absolute Gasteiger partial charge is 0.434 e. The zero-order valence-electron chi connectivity index (χ0n) is 15.2. The molecular weight excluding hydrogens is 354 g/mol. The molecule has 0 N–H and O–H groups in total. The number of hydrogen-bond acceptors (Lipinski definition) is 3. The number of hydrogen-bond donors (Lipinski definition) is 0. The molecule has 2 amide bonds. The van der Waals surface area contributed by atoms with E-state index >= 15 is 0 Å². The van der Waals surface area contributed by atoms with E-state index in [1.54, 1.807) is 17.0 Å². The van der Waals surface area contributed by atoms with Crippen molar-refractivity contribution in [3.8, 4) is 5.75 Å². The van der Waals surface area contributed by atoms with E-state index in [2.05, 4.69) is 4.74 Å². The number of carbonyl (C=O) groups is 2. The highest BCUT2D eigenvalue weighted by Gasteiger charge is 2.44. The number of alkyl halides is 2. The number of para-hydroxylation sites is 1. The molecule has 3 atom stereocenters. The third kappa shape index (κ3) is 3.64. The van der Waals surface area contributed by atoms with Crippen LogP contribution in [0.5, 0.6) is 5.75 Å². The Balaban J connectivity index is 1.37. The van der Waals surface area contributed by atoms with Crippen molar-refractivity contribution in [2.24, 2.45) is 17.8 Å². The van der Waals surface area contributed by atoms with E-state index in [-0.39, 0.29) is 29.0 Å². The number of piperazine rings is 1. The Morgan fingerprint density at radius 1 is 1.00 bits per heavy atom. The van der Waals surface area contributed by atoms with Gasteiger partial charge < -0.3 is 14.5 Å². The van der Waals surface area contributed by atoms with Gasteiger partial charge in [-0.25, -0.2) is 0 Å². The third-order valence-corrected chi connectivity index (χ3v) is 6.27. The number of fused-ring (bicyclic) bond motifs is 2. The van der Waals surface area contributed by atoms with Gasteiger partial charge in [0.05, 0.1) is 5.56 Å². The lowest BCUT2D eigenvalue weighted by atomic mass is 9.87. The summed E-state index contributed by atoms with van der Waals surface area (Å²) in [5.74, 6) is 1.21. The van der Waals surface area contributed by atoms with Crippen LogP contribution in [0, 0.1) is 17.8 Å². The molecule has 3 fully saturated rings. The van der Waals surface area contributed by atoms with Crippen molar-refractivity contribution < 1.29 is 23.1 Å². The van der Waals surface area contributed by atoms with Crippen LogP contribution in [-0.4, -0.2) is 54.4 Å². The minimum absolute atomic E-state index is 0.113. The Hall–Kier alpha value is -2.18. The first kappa shape index (κ1) is 18.2. The molecule has 2 saturated carbocycles. The molecule has 1 aliphatic heterocycles. The van der Waals surface area contributed by atoms with Crippen LogP contribution in [0.15, 0.2) is 24.3 Å². The second-order valence-corrected chi connectivity index (χ2v) is 7.77. The Kier molecular flexibility index (Phi) is 5.02. The SMILES string of the molecule is O=C(c1ccccc1OC(F)F)N1CCN(C(=O)C2CC3CCC2C3)CC1. The number of carbonyl (C=O) groups excluding carboxylic acids is 2. The highest BCUT2D eigenvalue weighted by atomic mass is 19.3. The summed E-state index contributed by atoms with van der Waals surface area (Å²) in [5, 5.41) is 0. The van der Waals surface area contributed by atoms with Crippen LogP contribution in [0.1, 0.15) is 36.0 Å². The summed E-state index contributed by atoms with van der Waals surface area (Å²) in [5.41, 5.74) is 0.130.